The quantitative estimate of drug-likeness (QED) is 0.744. The van der Waals surface area contributed by atoms with Gasteiger partial charge in [-0.15, -0.1) is 47.9 Å². The summed E-state index contributed by atoms with van der Waals surface area (Å²) >= 11 is 3.42. The predicted molar refractivity (Wildman–Crippen MR) is 106 cm³/mol. The Hall–Kier alpha value is -0.790. The van der Waals surface area contributed by atoms with E-state index in [2.05, 4.69) is 21.0 Å². The van der Waals surface area contributed by atoms with Crippen molar-refractivity contribution < 1.29 is 4.79 Å². The van der Waals surface area contributed by atoms with E-state index in [1.807, 2.05) is 31.2 Å². The minimum absolute atomic E-state index is 0. The summed E-state index contributed by atoms with van der Waals surface area (Å²) < 4.78 is 0. The van der Waals surface area contributed by atoms with Gasteiger partial charge in [0, 0.05) is 34.2 Å². The second kappa shape index (κ2) is 10.3. The summed E-state index contributed by atoms with van der Waals surface area (Å²) in [6.45, 7) is 3.87. The lowest BCUT2D eigenvalue weighted by Crippen LogP contribution is -2.36. The van der Waals surface area contributed by atoms with Crippen molar-refractivity contribution >= 4 is 53.8 Å². The van der Waals surface area contributed by atoms with Crippen LogP contribution in [-0.4, -0.2) is 30.0 Å². The van der Waals surface area contributed by atoms with Gasteiger partial charge < -0.3 is 10.6 Å². The lowest BCUT2D eigenvalue weighted by atomic mass is 10.2. The van der Waals surface area contributed by atoms with E-state index < -0.39 is 0 Å². The third kappa shape index (κ3) is 5.93. The molecule has 2 N–H and O–H groups in total. The largest absolute Gasteiger partial charge is 0.348 e. The van der Waals surface area contributed by atoms with Gasteiger partial charge in [0.25, 0.3) is 5.91 Å². The van der Waals surface area contributed by atoms with Gasteiger partial charge in [0.2, 0.25) is 0 Å². The van der Waals surface area contributed by atoms with Crippen molar-refractivity contribution in [3.63, 3.8) is 0 Å². The Kier molecular flexibility index (Phi) is 9.08. The maximum atomic E-state index is 12.1. The zero-order chi connectivity index (χ0) is 15.4. The summed E-state index contributed by atoms with van der Waals surface area (Å²) in [5.41, 5.74) is 1.84. The van der Waals surface area contributed by atoms with Crippen molar-refractivity contribution in [3.05, 3.63) is 45.9 Å². The topological polar surface area (TPSA) is 54.0 Å². The highest BCUT2D eigenvalue weighted by Gasteiger charge is 2.17. The van der Waals surface area contributed by atoms with Crippen LogP contribution in [0.3, 0.4) is 0 Å². The maximum Gasteiger partial charge on any atom is 0.251 e. The van der Waals surface area contributed by atoms with E-state index in [1.54, 1.807) is 23.1 Å². The molecule has 132 valence electrons. The molecular formula is C16H21Cl2N3OS2. The molecule has 1 saturated heterocycles. The van der Waals surface area contributed by atoms with Crippen molar-refractivity contribution in [3.8, 4) is 0 Å². The number of aryl methyl sites for hydroxylation is 1. The number of nitrogens with one attached hydrogen (secondary N) is 2. The number of rotatable bonds is 5. The van der Waals surface area contributed by atoms with Crippen LogP contribution in [0.1, 0.15) is 27.5 Å². The molecule has 0 spiro atoms. The number of hydrogen-bond donors (Lipinski definition) is 2. The Morgan fingerprint density at radius 1 is 1.38 bits per heavy atom. The molecule has 0 aliphatic carbocycles. The molecule has 0 bridgehead atoms. The van der Waals surface area contributed by atoms with Crippen molar-refractivity contribution in [1.29, 1.82) is 0 Å². The Balaban J connectivity index is 0.00000144. The van der Waals surface area contributed by atoms with Crippen LogP contribution in [-0.2, 0) is 5.75 Å². The predicted octanol–water partition coefficient (Wildman–Crippen LogP) is 3.68. The highest BCUT2D eigenvalue weighted by Crippen LogP contribution is 2.23. The Morgan fingerprint density at radius 2 is 2.12 bits per heavy atom. The minimum atomic E-state index is 0. The van der Waals surface area contributed by atoms with E-state index in [0.717, 1.165) is 46.4 Å². The van der Waals surface area contributed by atoms with Gasteiger partial charge >= 0.3 is 0 Å². The van der Waals surface area contributed by atoms with Crippen LogP contribution in [0.15, 0.2) is 34.5 Å². The van der Waals surface area contributed by atoms with Crippen LogP contribution in [0.2, 0.25) is 0 Å². The Bertz CT molecular complexity index is 643. The molecule has 1 aromatic carbocycles. The molecule has 0 saturated carbocycles. The fourth-order valence-corrected chi connectivity index (χ4v) is 3.89. The number of carbonyl (C=O) groups is 1. The molecule has 1 aromatic heterocycles. The highest BCUT2D eigenvalue weighted by molar-refractivity contribution is 7.98. The number of nitrogens with zero attached hydrogens (tertiary/aromatic N) is 1. The second-order valence-corrected chi connectivity index (χ2v) is 7.45. The summed E-state index contributed by atoms with van der Waals surface area (Å²) in [6, 6.07) is 8.06. The van der Waals surface area contributed by atoms with Crippen LogP contribution >= 0.6 is 47.9 Å². The van der Waals surface area contributed by atoms with Gasteiger partial charge in [-0.1, -0.05) is 0 Å². The Labute approximate surface area is 163 Å². The monoisotopic (exact) mass is 405 g/mol. The molecule has 24 heavy (non-hydrogen) atoms. The molecule has 1 amide bonds. The molecule has 2 heterocycles. The van der Waals surface area contributed by atoms with E-state index in [9.17, 15) is 4.79 Å². The van der Waals surface area contributed by atoms with E-state index >= 15 is 0 Å². The zero-order valence-electron chi connectivity index (χ0n) is 13.3. The fraction of sp³-hybridized carbons (Fsp3) is 0.375. The van der Waals surface area contributed by atoms with Gasteiger partial charge in [-0.2, -0.15) is 0 Å². The standard InChI is InChI=1S/C16H19N3OS2.2ClH/c1-11-18-14(9-21-11)10-22-15-4-2-12(3-5-15)16(20)19-13-6-7-17-8-13;;/h2-5,9,13,17H,6-8,10H2,1H3,(H,19,20);2*1H. The first kappa shape index (κ1) is 21.3. The molecule has 1 unspecified atom stereocenters. The Morgan fingerprint density at radius 3 is 2.71 bits per heavy atom. The second-order valence-electron chi connectivity index (χ2n) is 5.33. The van der Waals surface area contributed by atoms with Gasteiger partial charge in [0.15, 0.2) is 0 Å². The van der Waals surface area contributed by atoms with Crippen LogP contribution in [0.5, 0.6) is 0 Å². The third-order valence-corrected chi connectivity index (χ3v) is 5.43. The average Bonchev–Trinajstić information content (AvgIpc) is 3.17. The number of thioether (sulfide) groups is 1. The number of amides is 1. The summed E-state index contributed by atoms with van der Waals surface area (Å²) in [7, 11) is 0. The van der Waals surface area contributed by atoms with Gasteiger partial charge in [0.05, 0.1) is 10.7 Å². The first-order chi connectivity index (χ1) is 10.7. The first-order valence-corrected chi connectivity index (χ1v) is 9.23. The molecule has 2 aromatic rings. The van der Waals surface area contributed by atoms with E-state index in [-0.39, 0.29) is 36.8 Å². The number of thiazole rings is 1. The number of halogens is 2. The number of hydrogen-bond acceptors (Lipinski definition) is 5. The molecule has 1 aliphatic heterocycles. The summed E-state index contributed by atoms with van der Waals surface area (Å²) in [5, 5.41) is 9.51. The molecule has 3 rings (SSSR count). The number of aromatic nitrogens is 1. The highest BCUT2D eigenvalue weighted by atomic mass is 35.5. The van der Waals surface area contributed by atoms with Gasteiger partial charge in [-0.25, -0.2) is 4.98 Å². The van der Waals surface area contributed by atoms with E-state index in [0.29, 0.717) is 0 Å². The summed E-state index contributed by atoms with van der Waals surface area (Å²) in [6.07, 6.45) is 1.01. The molecule has 8 heteroatoms. The number of carbonyl (C=O) groups excluding carboxylic acids is 1. The molecule has 1 aliphatic rings. The summed E-state index contributed by atoms with van der Waals surface area (Å²) in [4.78, 5) is 17.8. The van der Waals surface area contributed by atoms with Gasteiger partial charge in [-0.05, 0) is 44.2 Å². The first-order valence-electron chi connectivity index (χ1n) is 7.36. The normalized spacial score (nSPS) is 16.1. The average molecular weight is 406 g/mol. The van der Waals surface area contributed by atoms with Crippen molar-refractivity contribution in [1.82, 2.24) is 15.6 Å². The zero-order valence-corrected chi connectivity index (χ0v) is 16.5. The molecule has 0 radical (unpaired) electrons. The van der Waals surface area contributed by atoms with Crippen molar-refractivity contribution in [2.24, 2.45) is 0 Å². The lowest BCUT2D eigenvalue weighted by Gasteiger charge is -2.11. The molecule has 4 nitrogen and oxygen atoms in total. The maximum absolute atomic E-state index is 12.1. The SMILES string of the molecule is Cc1nc(CSc2ccc(C(=O)NC3CCNC3)cc2)cs1.Cl.Cl. The van der Waals surface area contributed by atoms with Crippen LogP contribution in [0, 0.1) is 6.92 Å². The van der Waals surface area contributed by atoms with Crippen molar-refractivity contribution in [2.45, 2.75) is 30.0 Å². The minimum Gasteiger partial charge on any atom is -0.348 e. The molecule has 1 fully saturated rings. The van der Waals surface area contributed by atoms with Crippen molar-refractivity contribution in [2.75, 3.05) is 13.1 Å². The fourth-order valence-electron chi connectivity index (χ4n) is 2.38. The third-order valence-electron chi connectivity index (χ3n) is 3.57. The van der Waals surface area contributed by atoms with E-state index in [1.165, 1.54) is 0 Å². The van der Waals surface area contributed by atoms with Crippen LogP contribution < -0.4 is 10.6 Å². The van der Waals surface area contributed by atoms with E-state index in [4.69, 9.17) is 0 Å². The number of benzene rings is 1. The molecule has 1 atom stereocenters. The van der Waals surface area contributed by atoms with Crippen LogP contribution in [0.25, 0.3) is 0 Å². The van der Waals surface area contributed by atoms with Crippen LogP contribution in [0.4, 0.5) is 0 Å². The summed E-state index contributed by atoms with van der Waals surface area (Å²) in [5.74, 6) is 0.879. The molecular weight excluding hydrogens is 385 g/mol. The van der Waals surface area contributed by atoms with Gasteiger partial charge in [0.1, 0.15) is 0 Å². The smallest absolute Gasteiger partial charge is 0.251 e. The lowest BCUT2D eigenvalue weighted by molar-refractivity contribution is 0.0940. The van der Waals surface area contributed by atoms with Gasteiger partial charge in [-0.3, -0.25) is 4.79 Å².